The molecule has 0 bridgehead atoms. The van der Waals surface area contributed by atoms with Gasteiger partial charge in [0, 0.05) is 14.1 Å². The average Bonchev–Trinajstić information content (AvgIpc) is 2.67. The average molecular weight is 292 g/mol. The molecule has 9 heteroatoms. The maximum absolute atomic E-state index is 11.8. The normalized spacial score (nSPS) is 11.3. The summed E-state index contributed by atoms with van der Waals surface area (Å²) in [4.78, 5) is 12.8. The van der Waals surface area contributed by atoms with Gasteiger partial charge in [0.1, 0.15) is 9.90 Å². The number of amides is 1. The lowest BCUT2D eigenvalue weighted by Gasteiger charge is -2.11. The predicted molar refractivity (Wildman–Crippen MR) is 71.4 cm³/mol. The van der Waals surface area contributed by atoms with E-state index in [9.17, 15) is 13.2 Å². The van der Waals surface area contributed by atoms with Crippen molar-refractivity contribution >= 4 is 38.1 Å². The number of nitrogens with one attached hydrogen (secondary N) is 1. The maximum Gasteiger partial charge on any atom is 0.241 e. The van der Waals surface area contributed by atoms with Gasteiger partial charge in [-0.1, -0.05) is 6.92 Å². The van der Waals surface area contributed by atoms with E-state index in [2.05, 4.69) is 9.69 Å². The number of rotatable bonds is 5. The van der Waals surface area contributed by atoms with Crippen LogP contribution in [0.4, 0.5) is 10.8 Å². The zero-order valence-electron chi connectivity index (χ0n) is 10.4. The third kappa shape index (κ3) is 3.10. The predicted octanol–water partition coefficient (Wildman–Crippen LogP) is 0.0190. The first kappa shape index (κ1) is 14.7. The number of carbonyl (C=O) groups is 1. The minimum atomic E-state index is -3.45. The van der Waals surface area contributed by atoms with Crippen LogP contribution in [0.3, 0.4) is 0 Å². The second kappa shape index (κ2) is 5.53. The van der Waals surface area contributed by atoms with Crippen LogP contribution in [0.5, 0.6) is 0 Å². The number of nitrogens with two attached hydrogens (primary N) is 1. The van der Waals surface area contributed by atoms with Crippen molar-refractivity contribution in [3.8, 4) is 0 Å². The summed E-state index contributed by atoms with van der Waals surface area (Å²) in [6.45, 7) is 1.53. The number of hydrogen-bond acceptors (Lipinski definition) is 7. The summed E-state index contributed by atoms with van der Waals surface area (Å²) in [5, 5.41) is 3.07. The van der Waals surface area contributed by atoms with Gasteiger partial charge in [0.05, 0.1) is 12.3 Å². The van der Waals surface area contributed by atoms with E-state index < -0.39 is 9.84 Å². The topological polar surface area (TPSA) is 105 Å². The van der Waals surface area contributed by atoms with Crippen LogP contribution in [0.1, 0.15) is 6.92 Å². The van der Waals surface area contributed by atoms with Gasteiger partial charge in [-0.05, 0) is 11.5 Å². The molecule has 0 aromatic carbocycles. The zero-order chi connectivity index (χ0) is 13.9. The van der Waals surface area contributed by atoms with Crippen molar-refractivity contribution in [3.63, 3.8) is 0 Å². The second-order valence-corrected chi connectivity index (χ2v) is 6.76. The molecule has 102 valence electrons. The Morgan fingerprint density at radius 3 is 2.61 bits per heavy atom. The van der Waals surface area contributed by atoms with Crippen LogP contribution >= 0.6 is 11.5 Å². The third-order valence-electron chi connectivity index (χ3n) is 2.26. The standard InChI is InChI=1S/C9H16N4O3S2/c1-4-18(15,16)7-8(10)12-17-9(7)11-5-6(14)13(2)3/h11H,4-5H2,1-3H3,(H2,10,12). The first-order chi connectivity index (χ1) is 8.29. The number of nitrogens with zero attached hydrogens (tertiary/aromatic N) is 2. The molecule has 1 rings (SSSR count). The van der Waals surface area contributed by atoms with E-state index in [1.807, 2.05) is 0 Å². The molecular weight excluding hydrogens is 276 g/mol. The Labute approximate surface area is 110 Å². The number of aromatic nitrogens is 1. The van der Waals surface area contributed by atoms with Crippen LogP contribution in [0.15, 0.2) is 4.90 Å². The van der Waals surface area contributed by atoms with Crippen LogP contribution in [0.25, 0.3) is 0 Å². The molecule has 0 radical (unpaired) electrons. The van der Waals surface area contributed by atoms with Crippen molar-refractivity contribution in [3.05, 3.63) is 0 Å². The zero-order valence-corrected chi connectivity index (χ0v) is 12.1. The van der Waals surface area contributed by atoms with Gasteiger partial charge in [-0.2, -0.15) is 4.37 Å². The molecule has 18 heavy (non-hydrogen) atoms. The first-order valence-electron chi connectivity index (χ1n) is 5.21. The molecule has 1 aromatic heterocycles. The lowest BCUT2D eigenvalue weighted by Crippen LogP contribution is -2.28. The summed E-state index contributed by atoms with van der Waals surface area (Å²) in [5.41, 5.74) is 5.55. The lowest BCUT2D eigenvalue weighted by molar-refractivity contribution is -0.126. The summed E-state index contributed by atoms with van der Waals surface area (Å²) in [6, 6.07) is 0. The van der Waals surface area contributed by atoms with Gasteiger partial charge in [0.15, 0.2) is 15.7 Å². The molecule has 0 aliphatic rings. The Hall–Kier alpha value is -1.35. The number of carbonyl (C=O) groups excluding carboxylic acids is 1. The molecule has 3 N–H and O–H groups in total. The van der Waals surface area contributed by atoms with Crippen molar-refractivity contribution in [1.82, 2.24) is 9.27 Å². The Kier molecular flexibility index (Phi) is 4.52. The van der Waals surface area contributed by atoms with Gasteiger partial charge in [-0.25, -0.2) is 8.42 Å². The Morgan fingerprint density at radius 1 is 1.50 bits per heavy atom. The van der Waals surface area contributed by atoms with Gasteiger partial charge in [0.2, 0.25) is 5.91 Å². The molecule has 0 atom stereocenters. The molecule has 1 heterocycles. The Morgan fingerprint density at radius 2 is 2.11 bits per heavy atom. The summed E-state index contributed by atoms with van der Waals surface area (Å²) in [7, 11) is -0.209. The molecule has 0 unspecified atom stereocenters. The number of nitrogen functional groups attached to an aromatic ring is 1. The molecule has 0 saturated carbocycles. The van der Waals surface area contributed by atoms with Crippen molar-refractivity contribution in [1.29, 1.82) is 0 Å². The minimum Gasteiger partial charge on any atom is -0.382 e. The van der Waals surface area contributed by atoms with Crippen molar-refractivity contribution in [2.45, 2.75) is 11.8 Å². The highest BCUT2D eigenvalue weighted by molar-refractivity contribution is 7.91. The van der Waals surface area contributed by atoms with Crippen molar-refractivity contribution in [2.75, 3.05) is 37.4 Å². The number of likely N-dealkylation sites (N-methyl/N-ethyl adjacent to an activating group) is 1. The van der Waals surface area contributed by atoms with Crippen LogP contribution in [-0.4, -0.2) is 50.0 Å². The minimum absolute atomic E-state index is 0.000861. The molecule has 0 fully saturated rings. The second-order valence-electron chi connectivity index (χ2n) is 3.77. The third-order valence-corrected chi connectivity index (χ3v) is 5.01. The van der Waals surface area contributed by atoms with Gasteiger partial charge < -0.3 is 16.0 Å². The van der Waals surface area contributed by atoms with Crippen LogP contribution in [-0.2, 0) is 14.6 Å². The highest BCUT2D eigenvalue weighted by Crippen LogP contribution is 2.31. The smallest absolute Gasteiger partial charge is 0.241 e. The number of sulfone groups is 1. The molecule has 0 saturated heterocycles. The molecule has 7 nitrogen and oxygen atoms in total. The van der Waals surface area contributed by atoms with Crippen LogP contribution < -0.4 is 11.1 Å². The quantitative estimate of drug-likeness (QED) is 0.792. The van der Waals surface area contributed by atoms with Crippen molar-refractivity contribution in [2.24, 2.45) is 0 Å². The fraction of sp³-hybridized carbons (Fsp3) is 0.556. The van der Waals surface area contributed by atoms with E-state index in [0.29, 0.717) is 5.00 Å². The van der Waals surface area contributed by atoms with E-state index in [1.54, 1.807) is 14.1 Å². The Balaban J connectivity index is 2.96. The molecule has 0 aliphatic heterocycles. The largest absolute Gasteiger partial charge is 0.382 e. The molecule has 1 amide bonds. The summed E-state index contributed by atoms with van der Waals surface area (Å²) in [6.07, 6.45) is 0. The van der Waals surface area contributed by atoms with Gasteiger partial charge in [-0.15, -0.1) is 0 Å². The molecular formula is C9H16N4O3S2. The van der Waals surface area contributed by atoms with E-state index >= 15 is 0 Å². The van der Waals surface area contributed by atoms with E-state index in [0.717, 1.165) is 11.5 Å². The van der Waals surface area contributed by atoms with Gasteiger partial charge in [-0.3, -0.25) is 4.79 Å². The van der Waals surface area contributed by atoms with E-state index in [-0.39, 0.29) is 28.9 Å². The Bertz CT molecular complexity index is 536. The highest BCUT2D eigenvalue weighted by atomic mass is 32.2. The van der Waals surface area contributed by atoms with Crippen molar-refractivity contribution < 1.29 is 13.2 Å². The number of hydrogen-bond donors (Lipinski definition) is 2. The summed E-state index contributed by atoms with van der Waals surface area (Å²) < 4.78 is 27.5. The fourth-order valence-corrected chi connectivity index (χ4v) is 3.33. The van der Waals surface area contributed by atoms with E-state index in [1.165, 1.54) is 11.8 Å². The van der Waals surface area contributed by atoms with Crippen LogP contribution in [0.2, 0.25) is 0 Å². The maximum atomic E-state index is 11.8. The molecule has 1 aromatic rings. The summed E-state index contributed by atoms with van der Waals surface area (Å²) in [5.74, 6) is -0.255. The van der Waals surface area contributed by atoms with Gasteiger partial charge in [0.25, 0.3) is 0 Å². The van der Waals surface area contributed by atoms with Gasteiger partial charge >= 0.3 is 0 Å². The van der Waals surface area contributed by atoms with E-state index in [4.69, 9.17) is 5.73 Å². The van der Waals surface area contributed by atoms with Crippen LogP contribution in [0, 0.1) is 0 Å². The highest BCUT2D eigenvalue weighted by Gasteiger charge is 2.24. The SMILES string of the molecule is CCS(=O)(=O)c1c(N)nsc1NCC(=O)N(C)C. The fourth-order valence-electron chi connectivity index (χ4n) is 1.17. The lowest BCUT2D eigenvalue weighted by atomic mass is 10.5. The monoisotopic (exact) mass is 292 g/mol. The molecule has 0 spiro atoms. The number of anilines is 2. The molecule has 0 aliphatic carbocycles. The summed E-state index contributed by atoms with van der Waals surface area (Å²) >= 11 is 0.936. The first-order valence-corrected chi connectivity index (χ1v) is 7.64.